The van der Waals surface area contributed by atoms with Crippen LogP contribution >= 0.6 is 11.3 Å². The Balaban J connectivity index is 1.84. The lowest BCUT2D eigenvalue weighted by molar-refractivity contribution is -0.137. The number of hydrogen-bond donors (Lipinski definition) is 2. The maximum Gasteiger partial charge on any atom is 0.413 e. The van der Waals surface area contributed by atoms with E-state index >= 15 is 0 Å². The SMILES string of the molecule is COC(=O)C1=C(N)CC(c2cccc3sc(NC(=O)OC(C)(C)C)nc23)OC1. The number of hydrogen-bond acceptors (Lipinski definition) is 8. The van der Waals surface area contributed by atoms with Crippen molar-refractivity contribution in [2.24, 2.45) is 5.73 Å². The summed E-state index contributed by atoms with van der Waals surface area (Å²) in [6.07, 6.45) is -0.541. The minimum Gasteiger partial charge on any atom is -0.466 e. The Kier molecular flexibility index (Phi) is 5.57. The maximum atomic E-state index is 12.0. The summed E-state index contributed by atoms with van der Waals surface area (Å²) in [7, 11) is 1.31. The van der Waals surface area contributed by atoms with Crippen LogP contribution in [0.4, 0.5) is 9.93 Å². The number of thiazole rings is 1. The molecule has 8 nitrogen and oxygen atoms in total. The van der Waals surface area contributed by atoms with Crippen molar-refractivity contribution in [3.63, 3.8) is 0 Å². The molecule has 1 aliphatic rings. The lowest BCUT2D eigenvalue weighted by Gasteiger charge is -2.25. The van der Waals surface area contributed by atoms with Crippen LogP contribution in [-0.2, 0) is 19.0 Å². The van der Waals surface area contributed by atoms with Crippen molar-refractivity contribution in [1.82, 2.24) is 4.98 Å². The molecule has 0 aliphatic carbocycles. The van der Waals surface area contributed by atoms with E-state index < -0.39 is 17.7 Å². The Morgan fingerprint density at radius 1 is 1.36 bits per heavy atom. The van der Waals surface area contributed by atoms with E-state index in [1.165, 1.54) is 18.4 Å². The molecule has 3 rings (SSSR count). The van der Waals surface area contributed by atoms with Crippen LogP contribution in [0.1, 0.15) is 38.9 Å². The Labute approximate surface area is 166 Å². The molecule has 28 heavy (non-hydrogen) atoms. The van der Waals surface area contributed by atoms with Gasteiger partial charge in [0.05, 0.1) is 35.6 Å². The number of carbonyl (C=O) groups excluding carboxylic acids is 2. The molecule has 0 radical (unpaired) electrons. The van der Waals surface area contributed by atoms with Crippen molar-refractivity contribution in [2.45, 2.75) is 38.9 Å². The van der Waals surface area contributed by atoms with Gasteiger partial charge in [-0.3, -0.25) is 5.32 Å². The van der Waals surface area contributed by atoms with Crippen LogP contribution in [0, 0.1) is 0 Å². The molecule has 1 amide bonds. The number of anilines is 1. The highest BCUT2D eigenvalue weighted by Crippen LogP contribution is 2.36. The quantitative estimate of drug-likeness (QED) is 0.752. The fraction of sp³-hybridized carbons (Fsp3) is 0.421. The van der Waals surface area contributed by atoms with Crippen molar-refractivity contribution in [1.29, 1.82) is 0 Å². The van der Waals surface area contributed by atoms with E-state index in [1.807, 2.05) is 18.2 Å². The fourth-order valence-electron chi connectivity index (χ4n) is 2.85. The first-order chi connectivity index (χ1) is 13.2. The third-order valence-electron chi connectivity index (χ3n) is 4.06. The molecule has 9 heteroatoms. The highest BCUT2D eigenvalue weighted by Gasteiger charge is 2.28. The standard InChI is InChI=1S/C19H23N3O5S/c1-19(2,3)27-18(24)22-17-21-15-10(6-5-7-14(15)28-17)13-8-12(20)11(9-26-13)16(23)25-4/h5-7,13H,8-9,20H2,1-4H3,(H,21,22,24). The van der Waals surface area contributed by atoms with Gasteiger partial charge in [0.25, 0.3) is 0 Å². The molecule has 0 bridgehead atoms. The van der Waals surface area contributed by atoms with Crippen molar-refractivity contribution < 1.29 is 23.8 Å². The van der Waals surface area contributed by atoms with Gasteiger partial charge in [-0.25, -0.2) is 14.6 Å². The molecule has 150 valence electrons. The summed E-state index contributed by atoms with van der Waals surface area (Å²) >= 11 is 1.34. The highest BCUT2D eigenvalue weighted by atomic mass is 32.1. The molecule has 0 spiro atoms. The normalized spacial score (nSPS) is 17.5. The van der Waals surface area contributed by atoms with E-state index in [4.69, 9.17) is 19.9 Å². The molecule has 1 aromatic carbocycles. The summed E-state index contributed by atoms with van der Waals surface area (Å²) in [4.78, 5) is 28.3. The van der Waals surface area contributed by atoms with Gasteiger partial charge in [-0.1, -0.05) is 23.5 Å². The zero-order chi connectivity index (χ0) is 20.5. The summed E-state index contributed by atoms with van der Waals surface area (Å²) in [6, 6.07) is 5.71. The van der Waals surface area contributed by atoms with Gasteiger partial charge in [-0.2, -0.15) is 0 Å². The van der Waals surface area contributed by atoms with Crippen molar-refractivity contribution in [3.8, 4) is 0 Å². The number of aromatic nitrogens is 1. The predicted octanol–water partition coefficient (Wildman–Crippen LogP) is 3.49. The van der Waals surface area contributed by atoms with Crippen LogP contribution < -0.4 is 11.1 Å². The molecule has 3 N–H and O–H groups in total. The van der Waals surface area contributed by atoms with E-state index in [0.717, 1.165) is 15.8 Å². The van der Waals surface area contributed by atoms with Gasteiger partial charge < -0.3 is 19.9 Å². The summed E-state index contributed by atoms with van der Waals surface area (Å²) in [5.41, 5.74) is 7.83. The first-order valence-corrected chi connectivity index (χ1v) is 9.56. The number of benzene rings is 1. The van der Waals surface area contributed by atoms with Gasteiger partial charge in [-0.05, 0) is 26.8 Å². The van der Waals surface area contributed by atoms with Crippen molar-refractivity contribution >= 4 is 38.7 Å². The Morgan fingerprint density at radius 3 is 2.75 bits per heavy atom. The Morgan fingerprint density at radius 2 is 2.11 bits per heavy atom. The zero-order valence-corrected chi connectivity index (χ0v) is 17.0. The summed E-state index contributed by atoms with van der Waals surface area (Å²) in [6.45, 7) is 5.46. The number of nitrogens with one attached hydrogen (secondary N) is 1. The van der Waals surface area contributed by atoms with Gasteiger partial charge in [-0.15, -0.1) is 0 Å². The molecule has 0 saturated heterocycles. The third-order valence-corrected chi connectivity index (χ3v) is 4.99. The van der Waals surface area contributed by atoms with Crippen LogP contribution in [0.5, 0.6) is 0 Å². The molecule has 1 aliphatic heterocycles. The summed E-state index contributed by atoms with van der Waals surface area (Å²) < 4.78 is 16.7. The van der Waals surface area contributed by atoms with Gasteiger partial charge in [0, 0.05) is 17.7 Å². The molecular weight excluding hydrogens is 382 g/mol. The van der Waals surface area contributed by atoms with E-state index in [9.17, 15) is 9.59 Å². The first-order valence-electron chi connectivity index (χ1n) is 8.75. The van der Waals surface area contributed by atoms with E-state index in [-0.39, 0.29) is 12.7 Å². The Bertz CT molecular complexity index is 945. The number of rotatable bonds is 3. The number of amides is 1. The number of carbonyl (C=O) groups is 2. The van der Waals surface area contributed by atoms with Crippen LogP contribution in [0.25, 0.3) is 10.2 Å². The molecule has 2 aromatic rings. The average Bonchev–Trinajstić information content (AvgIpc) is 3.01. The molecule has 2 heterocycles. The van der Waals surface area contributed by atoms with Crippen molar-refractivity contribution in [3.05, 3.63) is 35.0 Å². The highest BCUT2D eigenvalue weighted by molar-refractivity contribution is 7.22. The van der Waals surface area contributed by atoms with Crippen LogP contribution in [0.15, 0.2) is 29.5 Å². The number of fused-ring (bicyclic) bond motifs is 1. The molecule has 0 fully saturated rings. The number of nitrogens with two attached hydrogens (primary N) is 1. The van der Waals surface area contributed by atoms with Crippen molar-refractivity contribution in [2.75, 3.05) is 19.0 Å². The largest absolute Gasteiger partial charge is 0.466 e. The first kappa shape index (κ1) is 20.1. The van der Waals surface area contributed by atoms with E-state index in [2.05, 4.69) is 10.3 Å². The second-order valence-corrected chi connectivity index (χ2v) is 8.37. The van der Waals surface area contributed by atoms with Gasteiger partial charge in [0.2, 0.25) is 0 Å². The predicted molar refractivity (Wildman–Crippen MR) is 106 cm³/mol. The number of esters is 1. The fourth-order valence-corrected chi connectivity index (χ4v) is 3.73. The maximum absolute atomic E-state index is 12.0. The monoisotopic (exact) mass is 405 g/mol. The molecule has 0 saturated carbocycles. The molecule has 1 unspecified atom stereocenters. The summed E-state index contributed by atoms with van der Waals surface area (Å²) in [5, 5.41) is 3.10. The smallest absolute Gasteiger partial charge is 0.413 e. The van der Waals surface area contributed by atoms with Gasteiger partial charge in [0.1, 0.15) is 5.60 Å². The minimum absolute atomic E-state index is 0.0761. The summed E-state index contributed by atoms with van der Waals surface area (Å²) in [5.74, 6) is -0.480. The molecule has 1 atom stereocenters. The topological polar surface area (TPSA) is 113 Å². The van der Waals surface area contributed by atoms with Gasteiger partial charge >= 0.3 is 12.1 Å². The number of nitrogens with zero attached hydrogens (tertiary/aromatic N) is 1. The number of para-hydroxylation sites is 1. The zero-order valence-electron chi connectivity index (χ0n) is 16.2. The third kappa shape index (κ3) is 4.42. The second kappa shape index (κ2) is 7.76. The lowest BCUT2D eigenvalue weighted by atomic mass is 9.99. The van der Waals surface area contributed by atoms with Crippen LogP contribution in [0.3, 0.4) is 0 Å². The molecular formula is C19H23N3O5S. The lowest BCUT2D eigenvalue weighted by Crippen LogP contribution is -2.27. The van der Waals surface area contributed by atoms with Gasteiger partial charge in [0.15, 0.2) is 5.13 Å². The van der Waals surface area contributed by atoms with Crippen LogP contribution in [0.2, 0.25) is 0 Å². The minimum atomic E-state index is -0.594. The van der Waals surface area contributed by atoms with E-state index in [1.54, 1.807) is 20.8 Å². The number of methoxy groups -OCH3 is 1. The Hall–Kier alpha value is -2.65. The average molecular weight is 405 g/mol. The van der Waals surface area contributed by atoms with Crippen LogP contribution in [-0.4, -0.2) is 36.4 Å². The molecule has 1 aromatic heterocycles. The van der Waals surface area contributed by atoms with E-state index in [0.29, 0.717) is 22.8 Å². The number of ether oxygens (including phenoxy) is 3. The second-order valence-electron chi connectivity index (χ2n) is 7.34.